The summed E-state index contributed by atoms with van der Waals surface area (Å²) in [7, 11) is 6.16. The standard InChI is InChI=1S/C16H23BrN4O/c1-19(2)16-18-14-10-11(17)4-5-13(14)15(22)21(16)12-6-8-20(3)9-7-12/h4-5,10,12,16,18H,6-9H2,1-3H3. The summed E-state index contributed by atoms with van der Waals surface area (Å²) in [6.07, 6.45) is 1.96. The molecule has 1 aromatic carbocycles. The lowest BCUT2D eigenvalue weighted by Gasteiger charge is -2.47. The molecule has 1 unspecified atom stereocenters. The molecule has 120 valence electrons. The van der Waals surface area contributed by atoms with E-state index < -0.39 is 0 Å². The molecule has 3 rings (SSSR count). The highest BCUT2D eigenvalue weighted by Crippen LogP contribution is 2.32. The highest BCUT2D eigenvalue weighted by molar-refractivity contribution is 9.10. The Bertz CT molecular complexity index is 569. The lowest BCUT2D eigenvalue weighted by molar-refractivity contribution is 0.0213. The molecule has 2 heterocycles. The molecule has 0 radical (unpaired) electrons. The Morgan fingerprint density at radius 3 is 2.59 bits per heavy atom. The third kappa shape index (κ3) is 2.87. The maximum atomic E-state index is 13.1. The van der Waals surface area contributed by atoms with Crippen molar-refractivity contribution < 1.29 is 4.79 Å². The fourth-order valence-corrected chi connectivity index (χ4v) is 3.66. The molecule has 22 heavy (non-hydrogen) atoms. The molecule has 1 saturated heterocycles. The predicted octanol–water partition coefficient (Wildman–Crippen LogP) is 2.26. The van der Waals surface area contributed by atoms with Gasteiger partial charge in [0.15, 0.2) is 6.29 Å². The van der Waals surface area contributed by atoms with Crippen molar-refractivity contribution >= 4 is 27.5 Å². The molecule has 2 aliphatic rings. The fraction of sp³-hybridized carbons (Fsp3) is 0.562. The maximum Gasteiger partial charge on any atom is 0.258 e. The van der Waals surface area contributed by atoms with Gasteiger partial charge in [0.05, 0.1) is 11.3 Å². The van der Waals surface area contributed by atoms with Crippen molar-refractivity contribution in [3.63, 3.8) is 0 Å². The highest BCUT2D eigenvalue weighted by Gasteiger charge is 2.38. The molecule has 1 atom stereocenters. The lowest BCUT2D eigenvalue weighted by atomic mass is 10.00. The topological polar surface area (TPSA) is 38.8 Å². The van der Waals surface area contributed by atoms with Crippen molar-refractivity contribution in [3.05, 3.63) is 28.2 Å². The van der Waals surface area contributed by atoms with E-state index in [1.54, 1.807) is 0 Å². The van der Waals surface area contributed by atoms with E-state index in [2.05, 4.69) is 38.1 Å². The third-order valence-electron chi connectivity index (χ3n) is 4.57. The van der Waals surface area contributed by atoms with E-state index >= 15 is 0 Å². The Morgan fingerprint density at radius 1 is 1.27 bits per heavy atom. The fourth-order valence-electron chi connectivity index (χ4n) is 3.30. The van der Waals surface area contributed by atoms with Crippen molar-refractivity contribution in [1.82, 2.24) is 14.7 Å². The summed E-state index contributed by atoms with van der Waals surface area (Å²) < 4.78 is 0.983. The van der Waals surface area contributed by atoms with Crippen LogP contribution in [0.25, 0.3) is 0 Å². The van der Waals surface area contributed by atoms with Gasteiger partial charge in [-0.2, -0.15) is 0 Å². The number of nitrogens with zero attached hydrogens (tertiary/aromatic N) is 3. The molecule has 1 fully saturated rings. The highest BCUT2D eigenvalue weighted by atomic mass is 79.9. The van der Waals surface area contributed by atoms with Gasteiger partial charge >= 0.3 is 0 Å². The van der Waals surface area contributed by atoms with Crippen LogP contribution in [-0.4, -0.2) is 67.2 Å². The maximum absolute atomic E-state index is 13.1. The van der Waals surface area contributed by atoms with Crippen LogP contribution in [-0.2, 0) is 0 Å². The summed E-state index contributed by atoms with van der Waals surface area (Å²) >= 11 is 3.48. The molecule has 0 aromatic heterocycles. The number of nitrogens with one attached hydrogen (secondary N) is 1. The van der Waals surface area contributed by atoms with E-state index in [4.69, 9.17) is 0 Å². The molecule has 5 nitrogen and oxygen atoms in total. The molecular formula is C16H23BrN4O. The summed E-state index contributed by atoms with van der Waals surface area (Å²) in [5.74, 6) is 0.134. The second-order valence-electron chi connectivity index (χ2n) is 6.42. The number of halogens is 1. The van der Waals surface area contributed by atoms with Crippen LogP contribution in [0.4, 0.5) is 5.69 Å². The number of benzene rings is 1. The van der Waals surface area contributed by atoms with E-state index in [9.17, 15) is 4.79 Å². The summed E-state index contributed by atoms with van der Waals surface area (Å²) in [4.78, 5) is 19.5. The Kier molecular flexibility index (Phi) is 4.43. The monoisotopic (exact) mass is 366 g/mol. The number of rotatable bonds is 2. The van der Waals surface area contributed by atoms with E-state index in [1.165, 1.54) is 0 Å². The van der Waals surface area contributed by atoms with E-state index in [0.29, 0.717) is 6.04 Å². The van der Waals surface area contributed by atoms with Crippen molar-refractivity contribution in [2.24, 2.45) is 0 Å². The Morgan fingerprint density at radius 2 is 1.95 bits per heavy atom. The molecule has 1 N–H and O–H groups in total. The summed E-state index contributed by atoms with van der Waals surface area (Å²) in [6, 6.07) is 6.11. The van der Waals surface area contributed by atoms with Crippen LogP contribution in [0.3, 0.4) is 0 Å². The second kappa shape index (κ2) is 6.18. The number of anilines is 1. The number of carbonyl (C=O) groups excluding carboxylic acids is 1. The average Bonchev–Trinajstić information content (AvgIpc) is 2.48. The minimum absolute atomic E-state index is 0.0947. The predicted molar refractivity (Wildman–Crippen MR) is 91.9 cm³/mol. The van der Waals surface area contributed by atoms with Gasteiger partial charge in [0.2, 0.25) is 0 Å². The first-order chi connectivity index (χ1) is 10.5. The van der Waals surface area contributed by atoms with Crippen LogP contribution in [0.5, 0.6) is 0 Å². The smallest absolute Gasteiger partial charge is 0.258 e. The number of hydrogen-bond donors (Lipinski definition) is 1. The molecule has 0 spiro atoms. The van der Waals surface area contributed by atoms with Gasteiger partial charge in [-0.25, -0.2) is 0 Å². The molecule has 1 aromatic rings. The summed E-state index contributed by atoms with van der Waals surface area (Å²) in [5, 5.41) is 3.51. The minimum Gasteiger partial charge on any atom is -0.352 e. The SMILES string of the molecule is CN1CCC(N2C(=O)c3ccc(Br)cc3NC2N(C)C)CC1. The Labute approximate surface area is 140 Å². The molecule has 6 heteroatoms. The Hall–Kier alpha value is -1.11. The quantitative estimate of drug-likeness (QED) is 0.871. The van der Waals surface area contributed by atoms with Crippen LogP contribution in [0.1, 0.15) is 23.2 Å². The van der Waals surface area contributed by atoms with E-state index in [-0.39, 0.29) is 12.2 Å². The van der Waals surface area contributed by atoms with Crippen molar-refractivity contribution in [1.29, 1.82) is 0 Å². The van der Waals surface area contributed by atoms with Gasteiger partial charge in [-0.1, -0.05) is 15.9 Å². The van der Waals surface area contributed by atoms with Gasteiger partial charge in [0.1, 0.15) is 0 Å². The normalized spacial score (nSPS) is 23.6. The van der Waals surface area contributed by atoms with Gasteiger partial charge in [0.25, 0.3) is 5.91 Å². The van der Waals surface area contributed by atoms with Crippen molar-refractivity contribution in [2.45, 2.75) is 25.2 Å². The molecule has 0 saturated carbocycles. The van der Waals surface area contributed by atoms with Gasteiger partial charge in [-0.3, -0.25) is 9.69 Å². The zero-order chi connectivity index (χ0) is 15.9. The largest absolute Gasteiger partial charge is 0.352 e. The Balaban J connectivity index is 1.93. The van der Waals surface area contributed by atoms with Crippen LogP contribution in [0, 0.1) is 0 Å². The number of fused-ring (bicyclic) bond motifs is 1. The van der Waals surface area contributed by atoms with Gasteiger partial charge in [0, 0.05) is 10.5 Å². The number of amides is 1. The number of carbonyl (C=O) groups is 1. The van der Waals surface area contributed by atoms with Gasteiger partial charge in [-0.15, -0.1) is 0 Å². The lowest BCUT2D eigenvalue weighted by Crippen LogP contribution is -2.60. The zero-order valence-corrected chi connectivity index (χ0v) is 14.9. The van der Waals surface area contributed by atoms with Crippen LogP contribution in [0.2, 0.25) is 0 Å². The average molecular weight is 367 g/mol. The van der Waals surface area contributed by atoms with Gasteiger partial charge in [-0.05, 0) is 65.3 Å². The number of hydrogen-bond acceptors (Lipinski definition) is 4. The summed E-state index contributed by atoms with van der Waals surface area (Å²) in [5.41, 5.74) is 1.67. The molecule has 0 bridgehead atoms. The van der Waals surface area contributed by atoms with Crippen molar-refractivity contribution in [2.75, 3.05) is 39.5 Å². The van der Waals surface area contributed by atoms with Gasteiger partial charge < -0.3 is 15.1 Å². The molecule has 0 aliphatic carbocycles. The molecule has 1 amide bonds. The van der Waals surface area contributed by atoms with Crippen LogP contribution in [0.15, 0.2) is 22.7 Å². The first-order valence-electron chi connectivity index (χ1n) is 7.71. The van der Waals surface area contributed by atoms with E-state index in [0.717, 1.165) is 41.7 Å². The molecule has 2 aliphatic heterocycles. The zero-order valence-electron chi connectivity index (χ0n) is 13.3. The first-order valence-corrected chi connectivity index (χ1v) is 8.50. The first kappa shape index (κ1) is 15.8. The van der Waals surface area contributed by atoms with Crippen molar-refractivity contribution in [3.8, 4) is 0 Å². The van der Waals surface area contributed by atoms with E-state index in [1.807, 2.05) is 37.2 Å². The number of piperidine rings is 1. The molecular weight excluding hydrogens is 344 g/mol. The minimum atomic E-state index is -0.0947. The third-order valence-corrected chi connectivity index (χ3v) is 5.06. The number of likely N-dealkylation sites (tertiary alicyclic amines) is 1. The van der Waals surface area contributed by atoms with Crippen LogP contribution < -0.4 is 5.32 Å². The van der Waals surface area contributed by atoms with Crippen LogP contribution >= 0.6 is 15.9 Å². The summed E-state index contributed by atoms with van der Waals surface area (Å²) in [6.45, 7) is 2.09. The second-order valence-corrected chi connectivity index (χ2v) is 7.33.